The molecule has 1 fully saturated rings. The van der Waals surface area contributed by atoms with Crippen molar-refractivity contribution >= 4 is 29.9 Å². The zero-order chi connectivity index (χ0) is 27.4. The molecule has 2 aromatic rings. The molecular formula is C26H27F3N6O3. The highest BCUT2D eigenvalue weighted by Gasteiger charge is 2.33. The van der Waals surface area contributed by atoms with Crippen LogP contribution in [0.1, 0.15) is 31.5 Å². The third-order valence-corrected chi connectivity index (χ3v) is 6.30. The molecule has 4 rings (SSSR count). The molecule has 2 aliphatic heterocycles. The minimum absolute atomic E-state index is 0.0483. The summed E-state index contributed by atoms with van der Waals surface area (Å²) in [5.41, 5.74) is 1.36. The first kappa shape index (κ1) is 26.8. The number of alkyl halides is 3. The van der Waals surface area contributed by atoms with Gasteiger partial charge in [-0.3, -0.25) is 14.6 Å². The summed E-state index contributed by atoms with van der Waals surface area (Å²) >= 11 is 0. The predicted molar refractivity (Wildman–Crippen MR) is 136 cm³/mol. The molecule has 0 bridgehead atoms. The van der Waals surface area contributed by atoms with Gasteiger partial charge in [-0.05, 0) is 31.1 Å². The number of rotatable bonds is 7. The first-order valence-corrected chi connectivity index (χ1v) is 12.0. The lowest BCUT2D eigenvalue weighted by molar-refractivity contribution is -0.274. The highest BCUT2D eigenvalue weighted by atomic mass is 19.4. The Morgan fingerprint density at radius 2 is 2.08 bits per heavy atom. The van der Waals surface area contributed by atoms with Crippen molar-refractivity contribution in [3.05, 3.63) is 54.1 Å². The van der Waals surface area contributed by atoms with Crippen molar-refractivity contribution in [1.82, 2.24) is 19.8 Å². The van der Waals surface area contributed by atoms with Gasteiger partial charge in [0.05, 0.1) is 5.69 Å². The van der Waals surface area contributed by atoms with Crippen molar-refractivity contribution in [3.63, 3.8) is 0 Å². The maximum Gasteiger partial charge on any atom is 0.573 e. The second-order valence-electron chi connectivity index (χ2n) is 8.97. The van der Waals surface area contributed by atoms with Crippen LogP contribution in [0.25, 0.3) is 17.5 Å². The Hall–Kier alpha value is -4.22. The van der Waals surface area contributed by atoms with E-state index < -0.39 is 18.2 Å². The summed E-state index contributed by atoms with van der Waals surface area (Å²) in [7, 11) is 1.41. The number of aliphatic imine (C=N–C) groups is 1. The number of allylic oxidation sites excluding steroid dienone is 2. The number of amides is 2. The van der Waals surface area contributed by atoms with Gasteiger partial charge in [0.1, 0.15) is 23.2 Å². The second-order valence-corrected chi connectivity index (χ2v) is 8.97. The SMILES string of the molecule is CN=C(C(=O)NC1=CCC(C)c2nc(-c3cccc(OC(F)(F)F)c3)cn2C=C1)C(C=N)C(=O)N1CCC1. The van der Waals surface area contributed by atoms with Crippen LogP contribution in [0, 0.1) is 11.3 Å². The standard InChI is InChI=1S/C26H27F3N6O3/c1-16-7-8-18(32-24(36)22(31-2)20(14-30)25(37)34-10-4-11-34)9-12-35-15-21(33-23(16)35)17-5-3-6-19(13-17)38-26(27,28)29/h3,5-6,8-9,12-16,20,30H,4,7,10-11H2,1-2H3,(H,32,36). The van der Waals surface area contributed by atoms with E-state index in [9.17, 15) is 22.8 Å². The largest absolute Gasteiger partial charge is 0.573 e. The fourth-order valence-electron chi connectivity index (χ4n) is 4.19. The number of fused-ring (bicyclic) bond motifs is 1. The number of aromatic nitrogens is 2. The zero-order valence-corrected chi connectivity index (χ0v) is 20.8. The van der Waals surface area contributed by atoms with Gasteiger partial charge in [-0.15, -0.1) is 13.2 Å². The summed E-state index contributed by atoms with van der Waals surface area (Å²) < 4.78 is 43.7. The molecule has 2 N–H and O–H groups in total. The van der Waals surface area contributed by atoms with E-state index in [1.165, 1.54) is 25.2 Å². The molecule has 2 unspecified atom stereocenters. The van der Waals surface area contributed by atoms with Crippen LogP contribution in [-0.4, -0.2) is 64.7 Å². The van der Waals surface area contributed by atoms with Crippen molar-refractivity contribution in [2.24, 2.45) is 10.9 Å². The lowest BCUT2D eigenvalue weighted by Gasteiger charge is -2.33. The van der Waals surface area contributed by atoms with Gasteiger partial charge in [0, 0.05) is 55.9 Å². The number of hydrogen-bond donors (Lipinski definition) is 2. The van der Waals surface area contributed by atoms with Crippen LogP contribution >= 0.6 is 0 Å². The molecule has 1 saturated heterocycles. The number of nitrogens with zero attached hydrogens (tertiary/aromatic N) is 4. The van der Waals surface area contributed by atoms with Crippen LogP contribution in [-0.2, 0) is 9.59 Å². The molecule has 0 radical (unpaired) electrons. The van der Waals surface area contributed by atoms with Gasteiger partial charge < -0.3 is 24.9 Å². The third-order valence-electron chi connectivity index (χ3n) is 6.30. The van der Waals surface area contributed by atoms with Crippen LogP contribution in [0.5, 0.6) is 5.75 Å². The molecule has 1 aromatic carbocycles. The first-order chi connectivity index (χ1) is 18.1. The summed E-state index contributed by atoms with van der Waals surface area (Å²) in [5.74, 6) is -1.69. The lowest BCUT2D eigenvalue weighted by Crippen LogP contribution is -2.50. The second kappa shape index (κ2) is 11.0. The monoisotopic (exact) mass is 528 g/mol. The van der Waals surface area contributed by atoms with Crippen LogP contribution in [0.3, 0.4) is 0 Å². The molecule has 38 heavy (non-hydrogen) atoms. The van der Waals surface area contributed by atoms with E-state index in [-0.39, 0.29) is 23.3 Å². The van der Waals surface area contributed by atoms with Gasteiger partial charge in [-0.1, -0.05) is 25.1 Å². The third kappa shape index (κ3) is 6.01. The number of ether oxygens (including phenoxy) is 1. The Kier molecular flexibility index (Phi) is 7.79. The predicted octanol–water partition coefficient (Wildman–Crippen LogP) is 4.00. The molecule has 0 aliphatic carbocycles. The molecule has 200 valence electrons. The fourth-order valence-corrected chi connectivity index (χ4v) is 4.19. The van der Waals surface area contributed by atoms with Gasteiger partial charge in [-0.25, -0.2) is 4.98 Å². The smallest absolute Gasteiger partial charge is 0.406 e. The van der Waals surface area contributed by atoms with Gasteiger partial charge in [0.2, 0.25) is 5.91 Å². The molecule has 2 atom stereocenters. The van der Waals surface area contributed by atoms with Gasteiger partial charge >= 0.3 is 6.36 Å². The van der Waals surface area contributed by atoms with E-state index in [1.807, 2.05) is 13.0 Å². The number of hydrogen-bond acceptors (Lipinski definition) is 6. The van der Waals surface area contributed by atoms with E-state index in [1.54, 1.807) is 34.0 Å². The average Bonchev–Trinajstić information content (AvgIpc) is 3.24. The molecule has 2 aliphatic rings. The van der Waals surface area contributed by atoms with Gasteiger partial charge in [0.15, 0.2) is 0 Å². The maximum absolute atomic E-state index is 13.0. The molecular weight excluding hydrogens is 501 g/mol. The van der Waals surface area contributed by atoms with Crippen molar-refractivity contribution in [1.29, 1.82) is 5.41 Å². The fraction of sp³-hybridized carbons (Fsp3) is 0.346. The molecule has 3 heterocycles. The molecule has 0 spiro atoms. The van der Waals surface area contributed by atoms with E-state index in [4.69, 9.17) is 5.41 Å². The summed E-state index contributed by atoms with van der Waals surface area (Å²) in [4.78, 5) is 35.9. The molecule has 0 saturated carbocycles. The Morgan fingerprint density at radius 1 is 1.32 bits per heavy atom. The molecule has 9 nitrogen and oxygen atoms in total. The Balaban J connectivity index is 1.52. The Bertz CT molecular complexity index is 1320. The number of carbonyl (C=O) groups excluding carboxylic acids is 2. The lowest BCUT2D eigenvalue weighted by atomic mass is 9.99. The number of nitrogens with one attached hydrogen (secondary N) is 2. The zero-order valence-electron chi connectivity index (χ0n) is 20.8. The Morgan fingerprint density at radius 3 is 2.71 bits per heavy atom. The highest BCUT2D eigenvalue weighted by molar-refractivity contribution is 6.46. The highest BCUT2D eigenvalue weighted by Crippen LogP contribution is 2.30. The van der Waals surface area contributed by atoms with E-state index in [2.05, 4.69) is 20.0 Å². The number of imidazole rings is 1. The van der Waals surface area contributed by atoms with E-state index >= 15 is 0 Å². The molecule has 1 aromatic heterocycles. The summed E-state index contributed by atoms with van der Waals surface area (Å²) in [5, 5.41) is 10.5. The van der Waals surface area contributed by atoms with Gasteiger partial charge in [-0.2, -0.15) is 0 Å². The molecule has 12 heteroatoms. The van der Waals surface area contributed by atoms with Crippen LogP contribution in [0.15, 0.2) is 53.3 Å². The van der Waals surface area contributed by atoms with Crippen molar-refractivity contribution in [2.75, 3.05) is 20.1 Å². The Labute approximate surface area is 217 Å². The maximum atomic E-state index is 13.0. The van der Waals surface area contributed by atoms with Crippen LogP contribution in [0.2, 0.25) is 0 Å². The number of benzene rings is 1. The normalized spacial score (nSPS) is 18.3. The van der Waals surface area contributed by atoms with E-state index in [0.717, 1.165) is 12.6 Å². The van der Waals surface area contributed by atoms with Crippen molar-refractivity contribution < 1.29 is 27.5 Å². The first-order valence-electron chi connectivity index (χ1n) is 12.0. The summed E-state index contributed by atoms with van der Waals surface area (Å²) in [6.07, 6.45) is 4.39. The van der Waals surface area contributed by atoms with Crippen molar-refractivity contribution in [3.8, 4) is 17.0 Å². The summed E-state index contributed by atoms with van der Waals surface area (Å²) in [6.45, 7) is 3.14. The quantitative estimate of drug-likeness (QED) is 0.529. The van der Waals surface area contributed by atoms with Gasteiger partial charge in [0.25, 0.3) is 5.91 Å². The summed E-state index contributed by atoms with van der Waals surface area (Å²) in [6, 6.07) is 5.60. The topological polar surface area (TPSA) is 113 Å². The van der Waals surface area contributed by atoms with E-state index in [0.29, 0.717) is 42.3 Å². The number of halogens is 3. The minimum Gasteiger partial charge on any atom is -0.406 e. The molecule has 2 amide bonds. The minimum atomic E-state index is -4.80. The van der Waals surface area contributed by atoms with Crippen LogP contribution in [0.4, 0.5) is 13.2 Å². The number of carbonyl (C=O) groups is 2. The number of likely N-dealkylation sites (tertiary alicyclic amines) is 1. The van der Waals surface area contributed by atoms with Crippen LogP contribution < -0.4 is 10.1 Å². The van der Waals surface area contributed by atoms with Crippen molar-refractivity contribution in [2.45, 2.75) is 32.0 Å². The average molecular weight is 529 g/mol.